The molecule has 0 unspecified atom stereocenters. The molecule has 3 nitrogen and oxygen atoms in total. The molecule has 1 heterocycles. The Balaban J connectivity index is 1.33. The van der Waals surface area contributed by atoms with Crippen LogP contribution < -0.4 is 5.32 Å². The molecular weight excluding hydrogens is 267 g/mol. The summed E-state index contributed by atoms with van der Waals surface area (Å²) in [5.74, 6) is 0.653. The van der Waals surface area contributed by atoms with Crippen LogP contribution in [0.2, 0.25) is 0 Å². The number of amides is 1. The molecule has 114 valence electrons. The maximum absolute atomic E-state index is 12.9. The van der Waals surface area contributed by atoms with Gasteiger partial charge in [-0.15, -0.1) is 0 Å². The van der Waals surface area contributed by atoms with Gasteiger partial charge >= 0.3 is 0 Å². The molecule has 3 rings (SSSR count). The number of benzene rings is 1. The normalized spacial score (nSPS) is 24.9. The molecule has 2 fully saturated rings. The zero-order valence-corrected chi connectivity index (χ0v) is 12.4. The van der Waals surface area contributed by atoms with E-state index in [0.717, 1.165) is 45.3 Å². The first-order valence-corrected chi connectivity index (χ1v) is 7.99. The molecular formula is C17H23FN2O. The van der Waals surface area contributed by atoms with Gasteiger partial charge in [0.1, 0.15) is 5.82 Å². The van der Waals surface area contributed by atoms with E-state index in [-0.39, 0.29) is 11.7 Å². The highest BCUT2D eigenvalue weighted by Gasteiger charge is 2.30. The number of nitrogens with zero attached hydrogens (tertiary/aromatic N) is 1. The van der Waals surface area contributed by atoms with Gasteiger partial charge < -0.3 is 10.2 Å². The molecule has 1 aromatic carbocycles. The molecule has 2 aliphatic rings. The summed E-state index contributed by atoms with van der Waals surface area (Å²) in [4.78, 5) is 13.9. The lowest BCUT2D eigenvalue weighted by Crippen LogP contribution is -2.41. The Morgan fingerprint density at radius 2 is 1.86 bits per heavy atom. The van der Waals surface area contributed by atoms with Crippen molar-refractivity contribution in [1.82, 2.24) is 10.2 Å². The Hall–Kier alpha value is -1.42. The minimum Gasteiger partial charge on any atom is -0.343 e. The number of likely N-dealkylation sites (tertiary alicyclic amines) is 1. The van der Waals surface area contributed by atoms with Crippen LogP contribution in [-0.2, 0) is 4.79 Å². The zero-order valence-electron chi connectivity index (χ0n) is 12.4. The summed E-state index contributed by atoms with van der Waals surface area (Å²) in [5, 5.41) is 3.46. The van der Waals surface area contributed by atoms with Crippen molar-refractivity contribution in [3.05, 3.63) is 35.6 Å². The first-order valence-electron chi connectivity index (χ1n) is 7.99. The Bertz CT molecular complexity index is 476. The van der Waals surface area contributed by atoms with E-state index in [2.05, 4.69) is 5.32 Å². The molecule has 1 aromatic rings. The van der Waals surface area contributed by atoms with Crippen molar-refractivity contribution in [1.29, 1.82) is 0 Å². The maximum Gasteiger partial charge on any atom is 0.223 e. The summed E-state index contributed by atoms with van der Waals surface area (Å²) in [6.07, 6.45) is 5.09. The minimum absolute atomic E-state index is 0.173. The van der Waals surface area contributed by atoms with Crippen molar-refractivity contribution < 1.29 is 9.18 Å². The van der Waals surface area contributed by atoms with Crippen LogP contribution in [0.25, 0.3) is 0 Å². The largest absolute Gasteiger partial charge is 0.343 e. The summed E-state index contributed by atoms with van der Waals surface area (Å²) in [5.41, 5.74) is 1.22. The van der Waals surface area contributed by atoms with Gasteiger partial charge in [-0.2, -0.15) is 0 Å². The van der Waals surface area contributed by atoms with Crippen molar-refractivity contribution >= 4 is 5.91 Å². The smallest absolute Gasteiger partial charge is 0.223 e. The summed E-state index contributed by atoms with van der Waals surface area (Å²) >= 11 is 0. The summed E-state index contributed by atoms with van der Waals surface area (Å²) in [6.45, 7) is 2.65. The predicted molar refractivity (Wildman–Crippen MR) is 80.6 cm³/mol. The maximum atomic E-state index is 12.9. The SMILES string of the molecule is O=C(CCNC1CC(c2ccc(F)cc2)C1)N1CCCC1. The fourth-order valence-corrected chi connectivity index (χ4v) is 3.30. The quantitative estimate of drug-likeness (QED) is 0.904. The van der Waals surface area contributed by atoms with E-state index >= 15 is 0 Å². The lowest BCUT2D eigenvalue weighted by molar-refractivity contribution is -0.130. The molecule has 1 saturated carbocycles. The standard InChI is InChI=1S/C17H23FN2O/c18-15-5-3-13(4-6-15)14-11-16(12-14)19-8-7-17(21)20-9-1-2-10-20/h3-6,14,16,19H,1-2,7-12H2. The monoisotopic (exact) mass is 290 g/mol. The van der Waals surface area contributed by atoms with E-state index in [0.29, 0.717) is 18.4 Å². The summed E-state index contributed by atoms with van der Waals surface area (Å²) in [7, 11) is 0. The molecule has 0 spiro atoms. The molecule has 1 aliphatic heterocycles. The van der Waals surface area contributed by atoms with Gasteiger partial charge in [0, 0.05) is 32.1 Å². The molecule has 0 bridgehead atoms. The molecule has 21 heavy (non-hydrogen) atoms. The molecule has 1 aliphatic carbocycles. The molecule has 1 amide bonds. The average molecular weight is 290 g/mol. The van der Waals surface area contributed by atoms with Crippen LogP contribution in [0, 0.1) is 5.82 Å². The third-order valence-electron chi connectivity index (χ3n) is 4.71. The number of carbonyl (C=O) groups is 1. The Labute approximate surface area is 125 Å². The van der Waals surface area contributed by atoms with Crippen molar-refractivity contribution in [2.45, 2.75) is 44.1 Å². The second-order valence-electron chi connectivity index (χ2n) is 6.21. The highest BCUT2D eigenvalue weighted by atomic mass is 19.1. The van der Waals surface area contributed by atoms with Gasteiger partial charge in [-0.1, -0.05) is 12.1 Å². The summed E-state index contributed by atoms with van der Waals surface area (Å²) < 4.78 is 12.9. The molecule has 0 radical (unpaired) electrons. The van der Waals surface area contributed by atoms with Gasteiger partial charge in [0.15, 0.2) is 0 Å². The molecule has 1 N–H and O–H groups in total. The first kappa shape index (κ1) is 14.5. The first-order chi connectivity index (χ1) is 10.2. The van der Waals surface area contributed by atoms with Crippen LogP contribution in [-0.4, -0.2) is 36.5 Å². The number of rotatable bonds is 5. The van der Waals surface area contributed by atoms with Crippen LogP contribution in [0.5, 0.6) is 0 Å². The van der Waals surface area contributed by atoms with E-state index in [4.69, 9.17) is 0 Å². The predicted octanol–water partition coefficient (Wildman–Crippen LogP) is 2.67. The van der Waals surface area contributed by atoms with Crippen LogP contribution in [0.1, 0.15) is 43.6 Å². The van der Waals surface area contributed by atoms with E-state index in [1.54, 1.807) is 0 Å². The van der Waals surface area contributed by atoms with Crippen molar-refractivity contribution in [3.8, 4) is 0 Å². The summed E-state index contributed by atoms with van der Waals surface area (Å²) in [6, 6.07) is 7.34. The second kappa shape index (κ2) is 6.56. The van der Waals surface area contributed by atoms with E-state index in [1.165, 1.54) is 17.7 Å². The molecule has 4 heteroatoms. The van der Waals surface area contributed by atoms with E-state index < -0.39 is 0 Å². The number of hydrogen-bond donors (Lipinski definition) is 1. The van der Waals surface area contributed by atoms with Crippen molar-refractivity contribution in [2.24, 2.45) is 0 Å². The lowest BCUT2D eigenvalue weighted by atomic mass is 9.76. The van der Waals surface area contributed by atoms with Crippen LogP contribution in [0.3, 0.4) is 0 Å². The third-order valence-corrected chi connectivity index (χ3v) is 4.71. The number of carbonyl (C=O) groups excluding carboxylic acids is 1. The van der Waals surface area contributed by atoms with Gasteiger partial charge in [0.25, 0.3) is 0 Å². The van der Waals surface area contributed by atoms with Gasteiger partial charge in [-0.05, 0) is 49.3 Å². The fraction of sp³-hybridized carbons (Fsp3) is 0.588. The second-order valence-corrected chi connectivity index (χ2v) is 6.21. The van der Waals surface area contributed by atoms with Crippen LogP contribution in [0.15, 0.2) is 24.3 Å². The Kier molecular flexibility index (Phi) is 4.54. The van der Waals surface area contributed by atoms with E-state index in [1.807, 2.05) is 17.0 Å². The number of halogens is 1. The van der Waals surface area contributed by atoms with Crippen molar-refractivity contribution in [3.63, 3.8) is 0 Å². The number of nitrogens with one attached hydrogen (secondary N) is 1. The molecule has 0 atom stereocenters. The van der Waals surface area contributed by atoms with Gasteiger partial charge in [0.05, 0.1) is 0 Å². The highest BCUT2D eigenvalue weighted by molar-refractivity contribution is 5.76. The highest BCUT2D eigenvalue weighted by Crippen LogP contribution is 2.36. The van der Waals surface area contributed by atoms with Gasteiger partial charge in [-0.3, -0.25) is 4.79 Å². The van der Waals surface area contributed by atoms with Gasteiger partial charge in [0.2, 0.25) is 5.91 Å². The number of hydrogen-bond acceptors (Lipinski definition) is 2. The average Bonchev–Trinajstić information content (AvgIpc) is 2.97. The minimum atomic E-state index is -0.173. The third kappa shape index (κ3) is 3.62. The van der Waals surface area contributed by atoms with E-state index in [9.17, 15) is 9.18 Å². The van der Waals surface area contributed by atoms with Crippen LogP contribution >= 0.6 is 0 Å². The Morgan fingerprint density at radius 3 is 2.52 bits per heavy atom. The topological polar surface area (TPSA) is 32.3 Å². The zero-order chi connectivity index (χ0) is 14.7. The van der Waals surface area contributed by atoms with Gasteiger partial charge in [-0.25, -0.2) is 4.39 Å². The van der Waals surface area contributed by atoms with Crippen LogP contribution in [0.4, 0.5) is 4.39 Å². The van der Waals surface area contributed by atoms with Crippen molar-refractivity contribution in [2.75, 3.05) is 19.6 Å². The fourth-order valence-electron chi connectivity index (χ4n) is 3.30. The molecule has 1 saturated heterocycles. The Morgan fingerprint density at radius 1 is 1.19 bits per heavy atom. The lowest BCUT2D eigenvalue weighted by Gasteiger charge is -2.36. The molecule has 0 aromatic heterocycles.